The van der Waals surface area contributed by atoms with Gasteiger partial charge in [-0.2, -0.15) is 0 Å². The van der Waals surface area contributed by atoms with Crippen LogP contribution in [0.25, 0.3) is 0 Å². The van der Waals surface area contributed by atoms with E-state index in [1.807, 2.05) is 0 Å². The van der Waals surface area contributed by atoms with Gasteiger partial charge in [-0.05, 0) is 13.8 Å². The number of thioether (sulfide) groups is 1. The number of nitrogen functional groups attached to an aromatic ring is 1. The SMILES string of the molecule is CO/N=C(\C(=O)N[C@@H]1C(=O)N2[C@@H]1SC(C)(C)[C@@H]2C(=O)O)c1csc(N)n1. The summed E-state index contributed by atoms with van der Waals surface area (Å²) in [4.78, 5) is 46.5. The number of carbonyl (C=O) groups is 3. The van der Waals surface area contributed by atoms with Crippen LogP contribution < -0.4 is 11.1 Å². The highest BCUT2D eigenvalue weighted by Gasteiger charge is 2.64. The van der Waals surface area contributed by atoms with E-state index in [2.05, 4.69) is 20.3 Å². The smallest absolute Gasteiger partial charge is 0.327 e. The summed E-state index contributed by atoms with van der Waals surface area (Å²) in [6.45, 7) is 3.52. The third-order valence-corrected chi connectivity index (χ3v) is 6.37. The first-order chi connectivity index (χ1) is 12.2. The quantitative estimate of drug-likeness (QED) is 0.347. The Morgan fingerprint density at radius 1 is 1.50 bits per heavy atom. The van der Waals surface area contributed by atoms with Crippen LogP contribution >= 0.6 is 23.1 Å². The summed E-state index contributed by atoms with van der Waals surface area (Å²) >= 11 is 2.48. The highest BCUT2D eigenvalue weighted by molar-refractivity contribution is 8.01. The number of rotatable bonds is 5. The summed E-state index contributed by atoms with van der Waals surface area (Å²) in [6, 6.07) is -1.78. The molecule has 0 aliphatic carbocycles. The number of fused-ring (bicyclic) bond motifs is 1. The topological polar surface area (TPSA) is 147 Å². The lowest BCUT2D eigenvalue weighted by molar-refractivity contribution is -0.160. The van der Waals surface area contributed by atoms with Gasteiger partial charge in [0.2, 0.25) is 5.91 Å². The van der Waals surface area contributed by atoms with Crippen molar-refractivity contribution in [3.8, 4) is 0 Å². The number of β-lactam (4-membered cyclic amide) rings is 1. The van der Waals surface area contributed by atoms with Crippen molar-refractivity contribution in [3.63, 3.8) is 0 Å². The molecule has 3 heterocycles. The zero-order chi connectivity index (χ0) is 19.2. The summed E-state index contributed by atoms with van der Waals surface area (Å²) in [5.74, 6) is -2.15. The first-order valence-electron chi connectivity index (χ1n) is 7.53. The number of hydrogen-bond acceptors (Lipinski definition) is 9. The van der Waals surface area contributed by atoms with Gasteiger partial charge in [0.1, 0.15) is 30.3 Å². The molecule has 2 amide bonds. The van der Waals surface area contributed by atoms with E-state index in [0.29, 0.717) is 0 Å². The summed E-state index contributed by atoms with van der Waals surface area (Å²) in [6.07, 6.45) is 0. The van der Waals surface area contributed by atoms with Crippen LogP contribution in [0.5, 0.6) is 0 Å². The van der Waals surface area contributed by atoms with Crippen molar-refractivity contribution in [2.75, 3.05) is 12.8 Å². The second-order valence-electron chi connectivity index (χ2n) is 6.24. The van der Waals surface area contributed by atoms with Crippen LogP contribution in [0.4, 0.5) is 5.13 Å². The average molecular weight is 399 g/mol. The minimum atomic E-state index is -1.07. The van der Waals surface area contributed by atoms with Crippen molar-refractivity contribution >= 4 is 51.7 Å². The lowest BCUT2D eigenvalue weighted by Crippen LogP contribution is -2.71. The zero-order valence-electron chi connectivity index (χ0n) is 14.1. The largest absolute Gasteiger partial charge is 0.480 e. The first kappa shape index (κ1) is 18.5. The lowest BCUT2D eigenvalue weighted by Gasteiger charge is -2.43. The number of carboxylic acid groups (broad SMARTS) is 1. The molecule has 2 aliphatic rings. The van der Waals surface area contributed by atoms with E-state index >= 15 is 0 Å². The number of aromatic nitrogens is 1. The normalized spacial score (nSPS) is 26.9. The maximum atomic E-state index is 12.6. The molecule has 0 spiro atoms. The van der Waals surface area contributed by atoms with Crippen LogP contribution in [0, 0.1) is 0 Å². The number of nitrogens with zero attached hydrogens (tertiary/aromatic N) is 3. The summed E-state index contributed by atoms with van der Waals surface area (Å²) in [5, 5.41) is 17.0. The van der Waals surface area contributed by atoms with Crippen molar-refractivity contribution in [2.24, 2.45) is 5.16 Å². The predicted molar refractivity (Wildman–Crippen MR) is 95.7 cm³/mol. The van der Waals surface area contributed by atoms with Crippen molar-refractivity contribution in [1.29, 1.82) is 0 Å². The molecule has 0 saturated carbocycles. The van der Waals surface area contributed by atoms with Gasteiger partial charge in [0.05, 0.1) is 0 Å². The Labute approximate surface area is 156 Å². The van der Waals surface area contributed by atoms with Crippen molar-refractivity contribution < 1.29 is 24.3 Å². The number of aliphatic carboxylic acids is 1. The minimum absolute atomic E-state index is 0.108. The van der Waals surface area contributed by atoms with Crippen molar-refractivity contribution in [2.45, 2.75) is 36.1 Å². The molecule has 2 saturated heterocycles. The van der Waals surface area contributed by atoms with E-state index in [4.69, 9.17) is 5.73 Å². The number of thiazole rings is 1. The molecular formula is C14H17N5O5S2. The van der Waals surface area contributed by atoms with Crippen molar-refractivity contribution in [1.82, 2.24) is 15.2 Å². The number of nitrogens with one attached hydrogen (secondary N) is 1. The van der Waals surface area contributed by atoms with Gasteiger partial charge in [-0.3, -0.25) is 9.59 Å². The van der Waals surface area contributed by atoms with Gasteiger partial charge in [0, 0.05) is 10.1 Å². The molecule has 140 valence electrons. The highest BCUT2D eigenvalue weighted by Crippen LogP contribution is 2.50. The standard InChI is InChI=1S/C14H17N5O5S2/c1-14(2)8(12(22)23)19-10(21)7(11(19)26-14)17-9(20)6(18-24-3)5-4-25-13(15)16-5/h4,7-8,11H,1-3H3,(H2,15,16)(H,17,20)(H,22,23)/b18-6-/t7-,8+,11-/m1/s1. The highest BCUT2D eigenvalue weighted by atomic mass is 32.2. The van der Waals surface area contributed by atoms with Crippen molar-refractivity contribution in [3.05, 3.63) is 11.1 Å². The molecule has 1 aromatic heterocycles. The molecule has 0 radical (unpaired) electrons. The molecule has 3 atom stereocenters. The van der Waals surface area contributed by atoms with Crippen LogP contribution in [-0.4, -0.2) is 67.8 Å². The molecule has 0 bridgehead atoms. The Balaban J connectivity index is 1.78. The summed E-state index contributed by atoms with van der Waals surface area (Å²) < 4.78 is -0.668. The number of carboxylic acids is 1. The number of hydrogen-bond donors (Lipinski definition) is 3. The number of amides is 2. The molecule has 12 heteroatoms. The van der Waals surface area contributed by atoms with Crippen LogP contribution in [0.2, 0.25) is 0 Å². The molecular weight excluding hydrogens is 382 g/mol. The Bertz CT molecular complexity index is 807. The van der Waals surface area contributed by atoms with Crippen LogP contribution in [-0.2, 0) is 19.2 Å². The Morgan fingerprint density at radius 3 is 2.73 bits per heavy atom. The first-order valence-corrected chi connectivity index (χ1v) is 9.29. The number of anilines is 1. The Hall–Kier alpha value is -2.34. The number of nitrogens with two attached hydrogens (primary N) is 1. The average Bonchev–Trinajstić information content (AvgIpc) is 3.09. The van der Waals surface area contributed by atoms with Gasteiger partial charge in [0.15, 0.2) is 10.8 Å². The molecule has 1 aromatic rings. The van der Waals surface area contributed by atoms with E-state index in [0.717, 1.165) is 11.3 Å². The van der Waals surface area contributed by atoms with E-state index in [-0.39, 0.29) is 16.5 Å². The van der Waals surface area contributed by atoms with E-state index in [9.17, 15) is 19.5 Å². The maximum Gasteiger partial charge on any atom is 0.327 e. The second kappa shape index (κ2) is 6.43. The molecule has 3 rings (SSSR count). The zero-order valence-corrected chi connectivity index (χ0v) is 15.8. The van der Waals surface area contributed by atoms with Crippen LogP contribution in [0.15, 0.2) is 10.5 Å². The maximum absolute atomic E-state index is 12.6. The summed E-state index contributed by atoms with van der Waals surface area (Å²) in [5.41, 5.74) is 5.70. The minimum Gasteiger partial charge on any atom is -0.480 e. The van der Waals surface area contributed by atoms with Gasteiger partial charge in [-0.15, -0.1) is 23.1 Å². The van der Waals surface area contributed by atoms with Gasteiger partial charge >= 0.3 is 5.97 Å². The molecule has 26 heavy (non-hydrogen) atoms. The van der Waals surface area contributed by atoms with Gasteiger partial charge in [-0.1, -0.05) is 5.16 Å². The lowest BCUT2D eigenvalue weighted by atomic mass is 9.96. The Kier molecular flexibility index (Phi) is 4.56. The third kappa shape index (κ3) is 2.88. The fourth-order valence-electron chi connectivity index (χ4n) is 3.05. The Morgan fingerprint density at radius 2 is 2.19 bits per heavy atom. The van der Waals surface area contributed by atoms with Crippen LogP contribution in [0.1, 0.15) is 19.5 Å². The fraction of sp³-hybridized carbons (Fsp3) is 0.500. The fourth-order valence-corrected chi connectivity index (χ4v) is 5.22. The van der Waals surface area contributed by atoms with E-state index < -0.39 is 40.0 Å². The van der Waals surface area contributed by atoms with E-state index in [1.54, 1.807) is 19.2 Å². The number of oxime groups is 1. The van der Waals surface area contributed by atoms with Gasteiger partial charge in [-0.25, -0.2) is 9.78 Å². The third-order valence-electron chi connectivity index (χ3n) is 4.12. The van der Waals surface area contributed by atoms with Gasteiger partial charge in [0.25, 0.3) is 5.91 Å². The molecule has 4 N–H and O–H groups in total. The monoisotopic (exact) mass is 399 g/mol. The predicted octanol–water partition coefficient (Wildman–Crippen LogP) is -0.292. The second-order valence-corrected chi connectivity index (χ2v) is 8.90. The van der Waals surface area contributed by atoms with E-state index in [1.165, 1.54) is 23.8 Å². The molecule has 0 unspecified atom stereocenters. The summed E-state index contributed by atoms with van der Waals surface area (Å²) in [7, 11) is 1.28. The molecule has 0 aromatic carbocycles. The number of carbonyl (C=O) groups excluding carboxylic acids is 2. The van der Waals surface area contributed by atoms with Crippen LogP contribution in [0.3, 0.4) is 0 Å². The van der Waals surface area contributed by atoms with Gasteiger partial charge < -0.3 is 25.9 Å². The molecule has 10 nitrogen and oxygen atoms in total. The molecule has 2 fully saturated rings. The molecule has 2 aliphatic heterocycles.